The van der Waals surface area contributed by atoms with Crippen molar-refractivity contribution in [1.82, 2.24) is 0 Å². The highest BCUT2D eigenvalue weighted by atomic mass is 79.9. The van der Waals surface area contributed by atoms with Crippen LogP contribution >= 0.6 is 15.9 Å². The van der Waals surface area contributed by atoms with E-state index in [1.165, 1.54) is 11.8 Å². The van der Waals surface area contributed by atoms with Gasteiger partial charge in [0.05, 0.1) is 5.69 Å². The van der Waals surface area contributed by atoms with Crippen molar-refractivity contribution in [2.45, 2.75) is 18.2 Å². The van der Waals surface area contributed by atoms with E-state index in [2.05, 4.69) is 15.9 Å². The summed E-state index contributed by atoms with van der Waals surface area (Å²) in [5.41, 5.74) is 0.262. The normalized spacial score (nSPS) is 20.6. The molecule has 1 aromatic rings. The summed E-state index contributed by atoms with van der Waals surface area (Å²) in [4.78, 5) is 12.8. The fourth-order valence-electron chi connectivity index (χ4n) is 1.74. The fraction of sp³-hybridized carbons (Fsp3) is 0.364. The van der Waals surface area contributed by atoms with Crippen molar-refractivity contribution in [2.75, 3.05) is 11.4 Å². The van der Waals surface area contributed by atoms with Crippen LogP contribution in [0, 0.1) is 18.6 Å². The molecule has 1 aliphatic heterocycles. The predicted molar refractivity (Wildman–Crippen MR) is 60.8 cm³/mol. The number of hydrogen-bond donors (Lipinski definition) is 0. The lowest BCUT2D eigenvalue weighted by molar-refractivity contribution is -0.117. The van der Waals surface area contributed by atoms with Crippen LogP contribution in [-0.4, -0.2) is 17.3 Å². The average molecular weight is 290 g/mol. The Balaban J connectivity index is 2.41. The third kappa shape index (κ3) is 1.96. The summed E-state index contributed by atoms with van der Waals surface area (Å²) >= 11 is 3.30. The summed E-state index contributed by atoms with van der Waals surface area (Å²) in [5.74, 6) is -1.25. The van der Waals surface area contributed by atoms with Gasteiger partial charge < -0.3 is 4.90 Å². The lowest BCUT2D eigenvalue weighted by Gasteiger charge is -2.17. The van der Waals surface area contributed by atoms with Gasteiger partial charge in [-0.25, -0.2) is 8.78 Å². The van der Waals surface area contributed by atoms with E-state index in [4.69, 9.17) is 0 Å². The van der Waals surface area contributed by atoms with Crippen LogP contribution in [0.3, 0.4) is 0 Å². The van der Waals surface area contributed by atoms with E-state index < -0.39 is 11.6 Å². The first-order valence-electron chi connectivity index (χ1n) is 4.89. The van der Waals surface area contributed by atoms with Crippen LogP contribution < -0.4 is 4.90 Å². The molecule has 0 spiro atoms. The Kier molecular flexibility index (Phi) is 2.97. The van der Waals surface area contributed by atoms with E-state index in [-0.39, 0.29) is 22.0 Å². The zero-order valence-corrected chi connectivity index (χ0v) is 10.2. The second kappa shape index (κ2) is 4.13. The molecular weight excluding hydrogens is 280 g/mol. The standard InChI is InChI=1S/C11H10BrF2NO/c1-6-2-9(14)10(4-8(6)13)15-5-7(12)3-11(15)16/h2,4,7H,3,5H2,1H3. The van der Waals surface area contributed by atoms with Crippen LogP contribution in [0.15, 0.2) is 12.1 Å². The van der Waals surface area contributed by atoms with Crippen molar-refractivity contribution < 1.29 is 13.6 Å². The summed E-state index contributed by atoms with van der Waals surface area (Å²) in [6.07, 6.45) is 0.314. The zero-order valence-electron chi connectivity index (χ0n) is 8.64. The summed E-state index contributed by atoms with van der Waals surface area (Å²) < 4.78 is 26.9. The van der Waals surface area contributed by atoms with Gasteiger partial charge in [-0.05, 0) is 18.6 Å². The maximum Gasteiger partial charge on any atom is 0.228 e. The molecule has 2 nitrogen and oxygen atoms in total. The minimum absolute atomic E-state index is 0.00349. The Morgan fingerprint density at radius 3 is 2.62 bits per heavy atom. The number of benzene rings is 1. The molecule has 0 bridgehead atoms. The van der Waals surface area contributed by atoms with Crippen LogP contribution in [0.25, 0.3) is 0 Å². The molecule has 86 valence electrons. The van der Waals surface area contributed by atoms with E-state index in [0.29, 0.717) is 13.0 Å². The van der Waals surface area contributed by atoms with Crippen molar-refractivity contribution >= 4 is 27.5 Å². The van der Waals surface area contributed by atoms with Gasteiger partial charge in [0.25, 0.3) is 0 Å². The molecule has 5 heteroatoms. The molecule has 2 rings (SSSR count). The maximum absolute atomic E-state index is 13.6. The van der Waals surface area contributed by atoms with Gasteiger partial charge in [-0.15, -0.1) is 0 Å². The average Bonchev–Trinajstić information content (AvgIpc) is 2.51. The van der Waals surface area contributed by atoms with Crippen molar-refractivity contribution in [2.24, 2.45) is 0 Å². The number of hydrogen-bond acceptors (Lipinski definition) is 1. The lowest BCUT2D eigenvalue weighted by Crippen LogP contribution is -2.25. The molecule has 1 atom stereocenters. The van der Waals surface area contributed by atoms with E-state index in [9.17, 15) is 13.6 Å². The second-order valence-corrected chi connectivity index (χ2v) is 5.15. The largest absolute Gasteiger partial charge is 0.308 e. The maximum atomic E-state index is 13.6. The minimum atomic E-state index is -0.561. The highest BCUT2D eigenvalue weighted by molar-refractivity contribution is 9.09. The topological polar surface area (TPSA) is 20.3 Å². The summed E-state index contributed by atoms with van der Waals surface area (Å²) in [7, 11) is 0. The minimum Gasteiger partial charge on any atom is -0.308 e. The Morgan fingerprint density at radius 2 is 2.06 bits per heavy atom. The molecule has 16 heavy (non-hydrogen) atoms. The molecule has 1 aliphatic rings. The molecule has 1 aromatic carbocycles. The van der Waals surface area contributed by atoms with Crippen molar-refractivity contribution in [3.63, 3.8) is 0 Å². The third-order valence-corrected chi connectivity index (χ3v) is 3.21. The number of carbonyl (C=O) groups is 1. The summed E-state index contributed by atoms with van der Waals surface area (Å²) in [6, 6.07) is 2.19. The first kappa shape index (κ1) is 11.5. The van der Waals surface area contributed by atoms with Gasteiger partial charge in [0.1, 0.15) is 11.6 Å². The molecular formula is C11H10BrF2NO. The Hall–Kier alpha value is -0.970. The first-order chi connectivity index (χ1) is 7.49. The SMILES string of the molecule is Cc1cc(F)c(N2CC(Br)CC2=O)cc1F. The molecule has 0 aromatic heterocycles. The van der Waals surface area contributed by atoms with Crippen LogP contribution in [0.5, 0.6) is 0 Å². The van der Waals surface area contributed by atoms with Crippen molar-refractivity contribution in [3.8, 4) is 0 Å². The number of halogens is 3. The lowest BCUT2D eigenvalue weighted by atomic mass is 10.2. The number of nitrogens with zero attached hydrogens (tertiary/aromatic N) is 1. The van der Waals surface area contributed by atoms with Crippen LogP contribution in [0.4, 0.5) is 14.5 Å². The molecule has 0 N–H and O–H groups in total. The number of carbonyl (C=O) groups excluding carboxylic acids is 1. The van der Waals surface area contributed by atoms with Gasteiger partial charge in [-0.3, -0.25) is 4.79 Å². The summed E-state index contributed by atoms with van der Waals surface area (Å²) in [5, 5.41) is 0. The highest BCUT2D eigenvalue weighted by Crippen LogP contribution is 2.29. The van der Waals surface area contributed by atoms with Gasteiger partial charge in [0.2, 0.25) is 5.91 Å². The van der Waals surface area contributed by atoms with Crippen LogP contribution in [-0.2, 0) is 4.79 Å². The molecule has 1 heterocycles. The van der Waals surface area contributed by atoms with Gasteiger partial charge in [0.15, 0.2) is 0 Å². The Bertz CT molecular complexity index is 450. The third-order valence-electron chi connectivity index (χ3n) is 2.60. The summed E-state index contributed by atoms with van der Waals surface area (Å²) in [6.45, 7) is 1.86. The molecule has 1 unspecified atom stereocenters. The number of alkyl halides is 1. The molecule has 0 radical (unpaired) electrons. The van der Waals surface area contributed by atoms with E-state index in [1.54, 1.807) is 0 Å². The Labute approximate surface area is 100 Å². The van der Waals surface area contributed by atoms with Crippen LogP contribution in [0.2, 0.25) is 0 Å². The number of anilines is 1. The fourth-order valence-corrected chi connectivity index (χ4v) is 2.31. The van der Waals surface area contributed by atoms with E-state index in [0.717, 1.165) is 12.1 Å². The van der Waals surface area contributed by atoms with Crippen molar-refractivity contribution in [1.29, 1.82) is 0 Å². The van der Waals surface area contributed by atoms with E-state index in [1.807, 2.05) is 0 Å². The highest BCUT2D eigenvalue weighted by Gasteiger charge is 2.30. The van der Waals surface area contributed by atoms with Gasteiger partial charge >= 0.3 is 0 Å². The monoisotopic (exact) mass is 289 g/mol. The molecule has 0 saturated carbocycles. The first-order valence-corrected chi connectivity index (χ1v) is 5.80. The Morgan fingerprint density at radius 1 is 1.38 bits per heavy atom. The zero-order chi connectivity index (χ0) is 11.9. The number of aryl methyl sites for hydroxylation is 1. The molecule has 1 fully saturated rings. The smallest absolute Gasteiger partial charge is 0.228 e. The predicted octanol–water partition coefficient (Wildman–Crippen LogP) is 2.77. The van der Waals surface area contributed by atoms with Gasteiger partial charge in [-0.2, -0.15) is 0 Å². The molecule has 0 aliphatic carbocycles. The van der Waals surface area contributed by atoms with Gasteiger partial charge in [-0.1, -0.05) is 15.9 Å². The van der Waals surface area contributed by atoms with Crippen LogP contribution in [0.1, 0.15) is 12.0 Å². The molecule has 1 amide bonds. The quantitative estimate of drug-likeness (QED) is 0.728. The second-order valence-electron chi connectivity index (χ2n) is 3.86. The van der Waals surface area contributed by atoms with Gasteiger partial charge in [0, 0.05) is 23.9 Å². The van der Waals surface area contributed by atoms with E-state index >= 15 is 0 Å². The number of rotatable bonds is 1. The molecule has 1 saturated heterocycles. The number of amides is 1. The van der Waals surface area contributed by atoms with Crippen molar-refractivity contribution in [3.05, 3.63) is 29.3 Å².